The van der Waals surface area contributed by atoms with Gasteiger partial charge in [0.25, 0.3) is 0 Å². The number of hydrogen-bond donors (Lipinski definition) is 1. The van der Waals surface area contributed by atoms with Gasteiger partial charge in [-0.3, -0.25) is 9.69 Å². The van der Waals surface area contributed by atoms with Gasteiger partial charge in [-0.1, -0.05) is 42.5 Å². The van der Waals surface area contributed by atoms with Gasteiger partial charge in [0, 0.05) is 19.5 Å². The van der Waals surface area contributed by atoms with Crippen LogP contribution in [0.4, 0.5) is 0 Å². The van der Waals surface area contributed by atoms with Gasteiger partial charge in [-0.05, 0) is 50.0 Å². The molecule has 1 aromatic heterocycles. The van der Waals surface area contributed by atoms with E-state index in [2.05, 4.69) is 52.2 Å². The highest BCUT2D eigenvalue weighted by Crippen LogP contribution is 2.21. The number of rotatable bonds is 6. The number of piperidine rings is 1. The molecule has 2 heterocycles. The van der Waals surface area contributed by atoms with E-state index >= 15 is 0 Å². The smallest absolute Gasteiger partial charge is 0.223 e. The zero-order valence-corrected chi connectivity index (χ0v) is 16.5. The summed E-state index contributed by atoms with van der Waals surface area (Å²) >= 11 is 0. The van der Waals surface area contributed by atoms with Gasteiger partial charge >= 0.3 is 0 Å². The Morgan fingerprint density at radius 1 is 1.07 bits per heavy atom. The van der Waals surface area contributed by atoms with Crippen molar-refractivity contribution in [2.75, 3.05) is 19.6 Å². The summed E-state index contributed by atoms with van der Waals surface area (Å²) in [6, 6.07) is 18.6. The molecule has 3 aromatic rings. The van der Waals surface area contributed by atoms with Crippen molar-refractivity contribution in [3.05, 3.63) is 66.0 Å². The van der Waals surface area contributed by atoms with Crippen LogP contribution in [0.25, 0.3) is 11.0 Å². The van der Waals surface area contributed by atoms with Gasteiger partial charge in [0.15, 0.2) is 0 Å². The molecular formula is C23H28N4O. The van der Waals surface area contributed by atoms with Gasteiger partial charge < -0.3 is 9.88 Å². The summed E-state index contributed by atoms with van der Waals surface area (Å²) in [6.07, 6.45) is 2.72. The predicted molar refractivity (Wildman–Crippen MR) is 112 cm³/mol. The molecule has 0 radical (unpaired) electrons. The highest BCUT2D eigenvalue weighted by Gasteiger charge is 2.25. The number of hydrogen-bond acceptors (Lipinski definition) is 3. The van der Waals surface area contributed by atoms with Crippen molar-refractivity contribution in [2.45, 2.75) is 25.8 Å². The fourth-order valence-corrected chi connectivity index (χ4v) is 4.01. The lowest BCUT2D eigenvalue weighted by molar-refractivity contribution is -0.126. The summed E-state index contributed by atoms with van der Waals surface area (Å²) < 4.78 is 2.18. The van der Waals surface area contributed by atoms with Crippen LogP contribution in [0.15, 0.2) is 54.6 Å². The summed E-state index contributed by atoms with van der Waals surface area (Å²) in [7, 11) is 2.08. The molecule has 5 nitrogen and oxygen atoms in total. The number of aryl methyl sites for hydroxylation is 1. The predicted octanol–water partition coefficient (Wildman–Crippen LogP) is 3.14. The fourth-order valence-electron chi connectivity index (χ4n) is 4.01. The van der Waals surface area contributed by atoms with Crippen molar-refractivity contribution >= 4 is 16.9 Å². The lowest BCUT2D eigenvalue weighted by atomic mass is 9.96. The number of nitrogens with zero attached hydrogens (tertiary/aromatic N) is 3. The third-order valence-electron chi connectivity index (χ3n) is 5.76. The summed E-state index contributed by atoms with van der Waals surface area (Å²) in [5.41, 5.74) is 3.48. The maximum atomic E-state index is 12.5. The van der Waals surface area contributed by atoms with Crippen molar-refractivity contribution in [2.24, 2.45) is 13.0 Å². The third-order valence-corrected chi connectivity index (χ3v) is 5.76. The Hall–Kier alpha value is -2.66. The Bertz CT molecular complexity index is 926. The van der Waals surface area contributed by atoms with Crippen LogP contribution in [0.2, 0.25) is 0 Å². The molecule has 0 aliphatic carbocycles. The minimum Gasteiger partial charge on any atom is -0.356 e. The minimum atomic E-state index is 0.132. The first-order valence-corrected chi connectivity index (χ1v) is 10.1. The average Bonchev–Trinajstić information content (AvgIpc) is 3.05. The largest absolute Gasteiger partial charge is 0.356 e. The number of carbonyl (C=O) groups is 1. The number of fused-ring (bicyclic) bond motifs is 1. The van der Waals surface area contributed by atoms with Gasteiger partial charge in [0.05, 0.1) is 17.6 Å². The standard InChI is InChI=1S/C23H28N4O/c1-26-21-10-6-5-9-20(21)25-22(26)17-27-15-12-19(13-16-27)23(28)24-14-11-18-7-3-2-4-8-18/h2-10,19H,11-17H2,1H3,(H,24,28). The lowest BCUT2D eigenvalue weighted by Crippen LogP contribution is -2.41. The van der Waals surface area contributed by atoms with Gasteiger partial charge in [-0.15, -0.1) is 0 Å². The molecule has 5 heteroatoms. The molecule has 0 atom stereocenters. The van der Waals surface area contributed by atoms with Crippen LogP contribution in [0.3, 0.4) is 0 Å². The Kier molecular flexibility index (Phi) is 5.72. The first-order chi connectivity index (χ1) is 13.7. The Balaban J connectivity index is 1.25. The van der Waals surface area contributed by atoms with Crippen molar-refractivity contribution in [3.63, 3.8) is 0 Å². The summed E-state index contributed by atoms with van der Waals surface area (Å²) in [5.74, 6) is 1.43. The Morgan fingerprint density at radius 2 is 1.79 bits per heavy atom. The SMILES string of the molecule is Cn1c(CN2CCC(C(=O)NCCc3ccccc3)CC2)nc2ccccc21. The highest BCUT2D eigenvalue weighted by molar-refractivity contribution is 5.78. The van der Waals surface area contributed by atoms with E-state index in [-0.39, 0.29) is 11.8 Å². The van der Waals surface area contributed by atoms with E-state index in [0.29, 0.717) is 6.54 Å². The minimum absolute atomic E-state index is 0.132. The van der Waals surface area contributed by atoms with E-state index in [0.717, 1.165) is 50.2 Å². The quantitative estimate of drug-likeness (QED) is 0.719. The van der Waals surface area contributed by atoms with E-state index in [4.69, 9.17) is 4.98 Å². The zero-order chi connectivity index (χ0) is 19.3. The average molecular weight is 377 g/mol. The van der Waals surface area contributed by atoms with Crippen molar-refractivity contribution in [1.82, 2.24) is 19.8 Å². The molecule has 28 heavy (non-hydrogen) atoms. The van der Waals surface area contributed by atoms with Crippen molar-refractivity contribution in [3.8, 4) is 0 Å². The molecule has 2 aromatic carbocycles. The normalized spacial score (nSPS) is 15.8. The van der Waals surface area contributed by atoms with E-state index in [1.165, 1.54) is 11.1 Å². The molecule has 0 bridgehead atoms. The van der Waals surface area contributed by atoms with Crippen LogP contribution in [-0.4, -0.2) is 40.0 Å². The summed E-state index contributed by atoms with van der Waals surface area (Å²) in [6.45, 7) is 3.44. The second kappa shape index (κ2) is 8.57. The first kappa shape index (κ1) is 18.7. The van der Waals surface area contributed by atoms with Crippen LogP contribution >= 0.6 is 0 Å². The fraction of sp³-hybridized carbons (Fsp3) is 0.391. The van der Waals surface area contributed by atoms with Crippen molar-refractivity contribution in [1.29, 1.82) is 0 Å². The van der Waals surface area contributed by atoms with Gasteiger partial charge in [0.1, 0.15) is 5.82 Å². The molecule has 0 saturated carbocycles. The third kappa shape index (κ3) is 4.25. The molecule has 1 fully saturated rings. The van der Waals surface area contributed by atoms with Crippen LogP contribution in [0.1, 0.15) is 24.2 Å². The monoisotopic (exact) mass is 376 g/mol. The Labute approximate surface area is 166 Å². The lowest BCUT2D eigenvalue weighted by Gasteiger charge is -2.31. The number of benzene rings is 2. The molecule has 1 N–H and O–H groups in total. The molecule has 1 aliphatic rings. The van der Waals surface area contributed by atoms with Gasteiger partial charge in [-0.25, -0.2) is 4.98 Å². The van der Waals surface area contributed by atoms with E-state index in [1.807, 2.05) is 24.3 Å². The number of imidazole rings is 1. The van der Waals surface area contributed by atoms with Crippen LogP contribution in [0.5, 0.6) is 0 Å². The number of amides is 1. The van der Waals surface area contributed by atoms with E-state index in [9.17, 15) is 4.79 Å². The Morgan fingerprint density at radius 3 is 2.54 bits per heavy atom. The van der Waals surface area contributed by atoms with Crippen molar-refractivity contribution < 1.29 is 4.79 Å². The maximum absolute atomic E-state index is 12.5. The second-order valence-corrected chi connectivity index (χ2v) is 7.65. The number of aromatic nitrogens is 2. The van der Waals surface area contributed by atoms with Gasteiger partial charge in [0.2, 0.25) is 5.91 Å². The number of likely N-dealkylation sites (tertiary alicyclic amines) is 1. The second-order valence-electron chi connectivity index (χ2n) is 7.65. The summed E-state index contributed by atoms with van der Waals surface area (Å²) in [5, 5.41) is 3.12. The number of carbonyl (C=O) groups excluding carboxylic acids is 1. The maximum Gasteiger partial charge on any atom is 0.223 e. The summed E-state index contributed by atoms with van der Waals surface area (Å²) in [4.78, 5) is 19.7. The van der Waals surface area contributed by atoms with Gasteiger partial charge in [-0.2, -0.15) is 0 Å². The van der Waals surface area contributed by atoms with Crippen LogP contribution in [-0.2, 0) is 24.8 Å². The highest BCUT2D eigenvalue weighted by atomic mass is 16.1. The molecule has 0 unspecified atom stereocenters. The molecule has 146 valence electrons. The van der Waals surface area contributed by atoms with Crippen LogP contribution < -0.4 is 5.32 Å². The molecular weight excluding hydrogens is 348 g/mol. The first-order valence-electron chi connectivity index (χ1n) is 10.1. The molecule has 1 saturated heterocycles. The molecule has 0 spiro atoms. The number of nitrogens with one attached hydrogen (secondary N) is 1. The topological polar surface area (TPSA) is 50.2 Å². The van der Waals surface area contributed by atoms with Crippen LogP contribution in [0, 0.1) is 5.92 Å². The zero-order valence-electron chi connectivity index (χ0n) is 16.5. The molecule has 4 rings (SSSR count). The van der Waals surface area contributed by atoms with E-state index in [1.54, 1.807) is 0 Å². The van der Waals surface area contributed by atoms with E-state index < -0.39 is 0 Å². The molecule has 1 amide bonds. The number of para-hydroxylation sites is 2. The molecule has 1 aliphatic heterocycles.